The van der Waals surface area contributed by atoms with Crippen molar-refractivity contribution in [2.45, 2.75) is 0 Å². The molecule has 0 fully saturated rings. The van der Waals surface area contributed by atoms with Crippen LogP contribution in [0.3, 0.4) is 0 Å². The first-order chi connectivity index (χ1) is 12.1. The van der Waals surface area contributed by atoms with Crippen LogP contribution in [0.5, 0.6) is 5.75 Å². The summed E-state index contributed by atoms with van der Waals surface area (Å²) in [5.41, 5.74) is 1.57. The minimum Gasteiger partial charge on any atom is -0.494 e. The molecule has 1 aromatic carbocycles. The molecule has 0 saturated heterocycles. The van der Waals surface area contributed by atoms with Crippen LogP contribution >= 0.6 is 11.3 Å². The second-order valence-corrected chi connectivity index (χ2v) is 6.31. The number of anilines is 1. The van der Waals surface area contributed by atoms with Crippen molar-refractivity contribution in [3.63, 3.8) is 0 Å². The third kappa shape index (κ3) is 2.33. The van der Waals surface area contributed by atoms with Crippen molar-refractivity contribution in [2.75, 3.05) is 19.5 Å². The molecule has 0 atom stereocenters. The molecule has 0 spiro atoms. The number of hydrogen-bond acceptors (Lipinski definition) is 6. The minimum atomic E-state index is -0.539. The molecular weight excluding hydrogens is 343 g/mol. The maximum Gasteiger partial charge on any atom is 0.275 e. The van der Waals surface area contributed by atoms with E-state index in [0.717, 1.165) is 15.9 Å². The van der Waals surface area contributed by atoms with E-state index in [1.807, 2.05) is 6.07 Å². The number of aromatic nitrogens is 3. The van der Waals surface area contributed by atoms with Crippen LogP contribution in [0.1, 0.15) is 0 Å². The van der Waals surface area contributed by atoms with Gasteiger partial charge in [0.15, 0.2) is 11.6 Å². The van der Waals surface area contributed by atoms with Crippen molar-refractivity contribution in [1.29, 1.82) is 0 Å². The van der Waals surface area contributed by atoms with E-state index in [9.17, 15) is 9.18 Å². The Hall–Kier alpha value is -3.00. The van der Waals surface area contributed by atoms with E-state index in [4.69, 9.17) is 4.74 Å². The summed E-state index contributed by atoms with van der Waals surface area (Å²) >= 11 is 1.27. The molecule has 6 nitrogen and oxygen atoms in total. The van der Waals surface area contributed by atoms with Crippen molar-refractivity contribution in [1.82, 2.24) is 14.5 Å². The molecule has 0 radical (unpaired) electrons. The number of ether oxygens (including phenoxy) is 1. The number of rotatable bonds is 3. The first-order valence-corrected chi connectivity index (χ1v) is 8.26. The Kier molecular flexibility index (Phi) is 3.61. The molecule has 126 valence electrons. The molecule has 4 aromatic rings. The summed E-state index contributed by atoms with van der Waals surface area (Å²) in [6.45, 7) is 0. The molecule has 0 aliphatic carbocycles. The molecule has 25 heavy (non-hydrogen) atoms. The van der Waals surface area contributed by atoms with Gasteiger partial charge >= 0.3 is 0 Å². The number of nitrogens with zero attached hydrogens (tertiary/aromatic N) is 3. The molecule has 3 aromatic heterocycles. The average molecular weight is 356 g/mol. The first-order valence-electron chi connectivity index (χ1n) is 7.44. The van der Waals surface area contributed by atoms with Crippen molar-refractivity contribution >= 4 is 37.5 Å². The van der Waals surface area contributed by atoms with Gasteiger partial charge in [0.1, 0.15) is 15.9 Å². The van der Waals surface area contributed by atoms with Gasteiger partial charge in [-0.2, -0.15) is 0 Å². The van der Waals surface area contributed by atoms with Gasteiger partial charge in [-0.25, -0.2) is 14.4 Å². The second kappa shape index (κ2) is 5.82. The highest BCUT2D eigenvalue weighted by atomic mass is 32.1. The zero-order valence-corrected chi connectivity index (χ0v) is 14.2. The van der Waals surface area contributed by atoms with Gasteiger partial charge in [0.05, 0.1) is 23.7 Å². The summed E-state index contributed by atoms with van der Waals surface area (Å²) in [4.78, 5) is 22.4. The molecule has 0 amide bonds. The van der Waals surface area contributed by atoms with E-state index in [2.05, 4.69) is 15.3 Å². The maximum absolute atomic E-state index is 14.0. The number of methoxy groups -OCH3 is 1. The topological polar surface area (TPSA) is 69.0 Å². The standard InChI is InChI=1S/C17H13FN4O2S/c1-19-11-5-6-20-16-13(11)14-15(25-16)17(23)22(8-21-14)9-3-4-12(24-2)10(18)7-9/h3-8H,1-2H3,(H,19,20). The van der Waals surface area contributed by atoms with Gasteiger partial charge in [-0.05, 0) is 18.2 Å². The third-order valence-corrected chi connectivity index (χ3v) is 5.04. The molecule has 0 saturated carbocycles. The molecular formula is C17H13FN4O2S. The van der Waals surface area contributed by atoms with Gasteiger partial charge in [0.2, 0.25) is 0 Å². The molecule has 4 rings (SSSR count). The summed E-state index contributed by atoms with van der Waals surface area (Å²) in [7, 11) is 3.20. The SMILES string of the molecule is CNc1ccnc2sc3c(=O)n(-c4ccc(OC)c(F)c4)cnc3c12. The van der Waals surface area contributed by atoms with Crippen LogP contribution in [0, 0.1) is 5.82 Å². The highest BCUT2D eigenvalue weighted by Crippen LogP contribution is 2.34. The van der Waals surface area contributed by atoms with Crippen LogP contribution in [-0.2, 0) is 0 Å². The van der Waals surface area contributed by atoms with Gasteiger partial charge in [-0.1, -0.05) is 0 Å². The lowest BCUT2D eigenvalue weighted by atomic mass is 10.2. The highest BCUT2D eigenvalue weighted by Gasteiger charge is 2.16. The van der Waals surface area contributed by atoms with Gasteiger partial charge < -0.3 is 10.1 Å². The fourth-order valence-electron chi connectivity index (χ4n) is 2.75. The fourth-order valence-corrected chi connectivity index (χ4v) is 3.80. The van der Waals surface area contributed by atoms with E-state index < -0.39 is 5.82 Å². The number of pyridine rings is 1. The van der Waals surface area contributed by atoms with Crippen LogP contribution in [0.25, 0.3) is 26.1 Å². The third-order valence-electron chi connectivity index (χ3n) is 3.97. The van der Waals surface area contributed by atoms with Crippen LogP contribution in [0.2, 0.25) is 0 Å². The predicted molar refractivity (Wildman–Crippen MR) is 96.6 cm³/mol. The van der Waals surface area contributed by atoms with Crippen LogP contribution in [-0.4, -0.2) is 28.7 Å². The van der Waals surface area contributed by atoms with E-state index in [0.29, 0.717) is 15.9 Å². The number of benzene rings is 1. The Morgan fingerprint density at radius 3 is 2.84 bits per heavy atom. The zero-order chi connectivity index (χ0) is 17.6. The molecule has 0 aliphatic rings. The van der Waals surface area contributed by atoms with Crippen LogP contribution in [0.4, 0.5) is 10.1 Å². The molecule has 3 heterocycles. The Morgan fingerprint density at radius 1 is 1.28 bits per heavy atom. The van der Waals surface area contributed by atoms with Crippen molar-refractivity contribution in [3.8, 4) is 11.4 Å². The lowest BCUT2D eigenvalue weighted by molar-refractivity contribution is 0.386. The first kappa shape index (κ1) is 15.5. The Labute approximate surface area is 145 Å². The highest BCUT2D eigenvalue weighted by molar-refractivity contribution is 7.25. The Bertz CT molecular complexity index is 1170. The van der Waals surface area contributed by atoms with E-state index in [-0.39, 0.29) is 11.3 Å². The second-order valence-electron chi connectivity index (χ2n) is 5.31. The van der Waals surface area contributed by atoms with Gasteiger partial charge in [-0.3, -0.25) is 9.36 Å². The maximum atomic E-state index is 14.0. The Morgan fingerprint density at radius 2 is 2.12 bits per heavy atom. The van der Waals surface area contributed by atoms with E-state index in [1.165, 1.54) is 41.5 Å². The number of fused-ring (bicyclic) bond motifs is 3. The summed E-state index contributed by atoms with van der Waals surface area (Å²) in [5.74, 6) is -0.418. The Balaban J connectivity index is 1.99. The van der Waals surface area contributed by atoms with E-state index >= 15 is 0 Å². The molecule has 0 bridgehead atoms. The molecule has 0 aliphatic heterocycles. The normalized spacial score (nSPS) is 11.2. The van der Waals surface area contributed by atoms with Gasteiger partial charge in [-0.15, -0.1) is 11.3 Å². The lowest BCUT2D eigenvalue weighted by Crippen LogP contribution is -2.17. The van der Waals surface area contributed by atoms with E-state index in [1.54, 1.807) is 19.3 Å². The average Bonchev–Trinajstić information content (AvgIpc) is 3.02. The number of nitrogens with one attached hydrogen (secondary N) is 1. The van der Waals surface area contributed by atoms with Crippen molar-refractivity contribution < 1.29 is 9.13 Å². The largest absolute Gasteiger partial charge is 0.494 e. The van der Waals surface area contributed by atoms with Crippen molar-refractivity contribution in [3.05, 3.63) is 53.0 Å². The number of halogens is 1. The summed E-state index contributed by atoms with van der Waals surface area (Å²) in [6, 6.07) is 6.17. The number of hydrogen-bond donors (Lipinski definition) is 1. The summed E-state index contributed by atoms with van der Waals surface area (Å²) in [5, 5.41) is 3.90. The quantitative estimate of drug-likeness (QED) is 0.611. The fraction of sp³-hybridized carbons (Fsp3) is 0.118. The van der Waals surface area contributed by atoms with Crippen molar-refractivity contribution in [2.24, 2.45) is 0 Å². The molecule has 0 unspecified atom stereocenters. The smallest absolute Gasteiger partial charge is 0.275 e. The molecule has 1 N–H and O–H groups in total. The lowest BCUT2D eigenvalue weighted by Gasteiger charge is -2.07. The molecule has 8 heteroatoms. The number of thiophene rings is 1. The predicted octanol–water partition coefficient (Wildman–Crippen LogP) is 3.18. The zero-order valence-electron chi connectivity index (χ0n) is 13.4. The minimum absolute atomic E-state index is 0.121. The van der Waals surface area contributed by atoms with Crippen LogP contribution in [0.15, 0.2) is 41.6 Å². The summed E-state index contributed by atoms with van der Waals surface area (Å²) < 4.78 is 20.7. The monoisotopic (exact) mass is 356 g/mol. The van der Waals surface area contributed by atoms with Gasteiger partial charge in [0, 0.05) is 25.0 Å². The van der Waals surface area contributed by atoms with Crippen LogP contribution < -0.4 is 15.6 Å². The summed E-state index contributed by atoms with van der Waals surface area (Å²) in [6.07, 6.45) is 3.09. The van der Waals surface area contributed by atoms with Gasteiger partial charge in [0.25, 0.3) is 5.56 Å².